The van der Waals surface area contributed by atoms with Crippen molar-refractivity contribution in [1.29, 1.82) is 0 Å². The van der Waals surface area contributed by atoms with Crippen molar-refractivity contribution in [3.05, 3.63) is 34.9 Å². The summed E-state index contributed by atoms with van der Waals surface area (Å²) in [5.74, 6) is 0. The van der Waals surface area contributed by atoms with E-state index in [2.05, 4.69) is 18.7 Å². The lowest BCUT2D eigenvalue weighted by Crippen LogP contribution is -2.49. The molecule has 1 aromatic carbocycles. The van der Waals surface area contributed by atoms with E-state index in [0.717, 1.165) is 18.7 Å². The van der Waals surface area contributed by atoms with Gasteiger partial charge >= 0.3 is 0 Å². The lowest BCUT2D eigenvalue weighted by atomic mass is 10.1. The van der Waals surface area contributed by atoms with Crippen molar-refractivity contribution in [3.63, 3.8) is 0 Å². The highest BCUT2D eigenvalue weighted by Gasteiger charge is 2.27. The SMILES string of the molecule is CC1OCCN(CC(O)c2cccc(Cl)c2)C1C. The lowest BCUT2D eigenvalue weighted by molar-refractivity contribution is -0.0673. The van der Waals surface area contributed by atoms with E-state index in [-0.39, 0.29) is 6.10 Å². The first kappa shape index (κ1) is 13.8. The van der Waals surface area contributed by atoms with Crippen LogP contribution in [0, 0.1) is 0 Å². The Kier molecular flexibility index (Phi) is 4.62. The highest BCUT2D eigenvalue weighted by molar-refractivity contribution is 6.30. The fourth-order valence-corrected chi connectivity index (χ4v) is 2.49. The maximum Gasteiger partial charge on any atom is 0.0917 e. The second-order valence-corrected chi connectivity index (χ2v) is 5.32. The van der Waals surface area contributed by atoms with Gasteiger partial charge in [0.1, 0.15) is 0 Å². The van der Waals surface area contributed by atoms with Crippen LogP contribution in [0.15, 0.2) is 24.3 Å². The number of aliphatic hydroxyl groups excluding tert-OH is 1. The van der Waals surface area contributed by atoms with E-state index < -0.39 is 6.10 Å². The zero-order chi connectivity index (χ0) is 13.1. The second kappa shape index (κ2) is 6.02. The van der Waals surface area contributed by atoms with E-state index in [1.54, 1.807) is 0 Å². The molecule has 0 radical (unpaired) electrons. The van der Waals surface area contributed by atoms with Gasteiger partial charge in [-0.3, -0.25) is 4.90 Å². The van der Waals surface area contributed by atoms with E-state index in [0.29, 0.717) is 17.6 Å². The van der Waals surface area contributed by atoms with Crippen molar-refractivity contribution in [2.24, 2.45) is 0 Å². The third-order valence-electron chi connectivity index (χ3n) is 3.66. The van der Waals surface area contributed by atoms with Gasteiger partial charge in [-0.1, -0.05) is 23.7 Å². The summed E-state index contributed by atoms with van der Waals surface area (Å²) in [7, 11) is 0. The summed E-state index contributed by atoms with van der Waals surface area (Å²) in [5.41, 5.74) is 0.869. The first-order valence-electron chi connectivity index (χ1n) is 6.37. The van der Waals surface area contributed by atoms with Crippen molar-refractivity contribution < 1.29 is 9.84 Å². The maximum atomic E-state index is 10.3. The predicted molar refractivity (Wildman–Crippen MR) is 72.9 cm³/mol. The van der Waals surface area contributed by atoms with Crippen molar-refractivity contribution >= 4 is 11.6 Å². The average molecular weight is 270 g/mol. The maximum absolute atomic E-state index is 10.3. The van der Waals surface area contributed by atoms with Gasteiger partial charge in [0.2, 0.25) is 0 Å². The molecule has 1 aromatic rings. The number of halogens is 1. The Morgan fingerprint density at radius 1 is 1.50 bits per heavy atom. The predicted octanol–water partition coefficient (Wildman–Crippen LogP) is 2.48. The van der Waals surface area contributed by atoms with E-state index in [1.807, 2.05) is 24.3 Å². The molecule has 0 aliphatic carbocycles. The van der Waals surface area contributed by atoms with Crippen molar-refractivity contribution in [2.45, 2.75) is 32.1 Å². The number of hydrogen-bond acceptors (Lipinski definition) is 3. The van der Waals surface area contributed by atoms with Crippen LogP contribution in [0.3, 0.4) is 0 Å². The summed E-state index contributed by atoms with van der Waals surface area (Å²) in [6.07, 6.45) is -0.290. The van der Waals surface area contributed by atoms with Crippen LogP contribution < -0.4 is 0 Å². The Morgan fingerprint density at radius 2 is 2.28 bits per heavy atom. The van der Waals surface area contributed by atoms with Crippen LogP contribution in [0.25, 0.3) is 0 Å². The fraction of sp³-hybridized carbons (Fsp3) is 0.571. The molecule has 4 heteroatoms. The Bertz CT molecular complexity index is 399. The van der Waals surface area contributed by atoms with Crippen LogP contribution in [-0.2, 0) is 4.74 Å². The van der Waals surface area contributed by atoms with Gasteiger partial charge in [0.15, 0.2) is 0 Å². The van der Waals surface area contributed by atoms with Crippen LogP contribution in [0.1, 0.15) is 25.5 Å². The molecule has 1 aliphatic rings. The van der Waals surface area contributed by atoms with Gasteiger partial charge in [0.05, 0.1) is 18.8 Å². The molecular weight excluding hydrogens is 250 g/mol. The standard InChI is InChI=1S/C14H20ClNO2/c1-10-11(2)18-7-6-16(10)9-14(17)12-4-3-5-13(15)8-12/h3-5,8,10-11,14,17H,6-7,9H2,1-2H3. The zero-order valence-corrected chi connectivity index (χ0v) is 11.6. The normalized spacial score (nSPS) is 27.1. The Morgan fingerprint density at radius 3 is 3.00 bits per heavy atom. The Balaban J connectivity index is 2.00. The topological polar surface area (TPSA) is 32.7 Å². The first-order valence-corrected chi connectivity index (χ1v) is 6.75. The highest BCUT2D eigenvalue weighted by atomic mass is 35.5. The molecule has 1 saturated heterocycles. The van der Waals surface area contributed by atoms with Crippen LogP contribution in [0.5, 0.6) is 0 Å². The first-order chi connectivity index (χ1) is 8.58. The van der Waals surface area contributed by atoms with Crippen molar-refractivity contribution in [1.82, 2.24) is 4.90 Å². The molecule has 1 aliphatic heterocycles. The number of morpholine rings is 1. The number of rotatable bonds is 3. The van der Waals surface area contributed by atoms with Crippen LogP contribution >= 0.6 is 11.6 Å². The van der Waals surface area contributed by atoms with Crippen molar-refractivity contribution in [2.75, 3.05) is 19.7 Å². The molecular formula is C14H20ClNO2. The average Bonchev–Trinajstić information content (AvgIpc) is 2.35. The minimum absolute atomic E-state index is 0.213. The molecule has 0 aromatic heterocycles. The molecule has 1 heterocycles. The Hall–Kier alpha value is -0.610. The highest BCUT2D eigenvalue weighted by Crippen LogP contribution is 2.21. The van der Waals surface area contributed by atoms with E-state index in [1.165, 1.54) is 0 Å². The molecule has 100 valence electrons. The molecule has 0 amide bonds. The third-order valence-corrected chi connectivity index (χ3v) is 3.89. The lowest BCUT2D eigenvalue weighted by Gasteiger charge is -2.38. The van der Waals surface area contributed by atoms with Crippen LogP contribution in [0.2, 0.25) is 5.02 Å². The largest absolute Gasteiger partial charge is 0.387 e. The summed E-state index contributed by atoms with van der Waals surface area (Å²) in [4.78, 5) is 2.26. The molecule has 3 atom stereocenters. The van der Waals surface area contributed by atoms with Gasteiger partial charge in [-0.15, -0.1) is 0 Å². The van der Waals surface area contributed by atoms with Crippen LogP contribution in [-0.4, -0.2) is 41.8 Å². The molecule has 0 saturated carbocycles. The third kappa shape index (κ3) is 3.23. The number of benzene rings is 1. The van der Waals surface area contributed by atoms with Crippen LogP contribution in [0.4, 0.5) is 0 Å². The van der Waals surface area contributed by atoms with Gasteiger partial charge < -0.3 is 9.84 Å². The zero-order valence-electron chi connectivity index (χ0n) is 10.8. The Labute approximate surface area is 113 Å². The number of β-amino-alcohol motifs (C(OH)–C–C–N with tert-alkyl or cyclic N) is 1. The quantitative estimate of drug-likeness (QED) is 0.915. The fourth-order valence-electron chi connectivity index (χ4n) is 2.29. The summed E-state index contributed by atoms with van der Waals surface area (Å²) >= 11 is 5.94. The summed E-state index contributed by atoms with van der Waals surface area (Å²) < 4.78 is 5.58. The van der Waals surface area contributed by atoms with E-state index in [4.69, 9.17) is 16.3 Å². The molecule has 1 fully saturated rings. The number of aliphatic hydroxyl groups is 1. The monoisotopic (exact) mass is 269 g/mol. The van der Waals surface area contributed by atoms with E-state index in [9.17, 15) is 5.11 Å². The number of hydrogen-bond donors (Lipinski definition) is 1. The molecule has 3 nitrogen and oxygen atoms in total. The molecule has 18 heavy (non-hydrogen) atoms. The number of ether oxygens (including phenoxy) is 1. The van der Waals surface area contributed by atoms with Gasteiger partial charge in [0, 0.05) is 24.2 Å². The summed E-state index contributed by atoms with van der Waals surface area (Å²) in [5, 5.41) is 10.9. The summed E-state index contributed by atoms with van der Waals surface area (Å²) in [6, 6.07) is 7.74. The van der Waals surface area contributed by atoms with Gasteiger partial charge in [0.25, 0.3) is 0 Å². The molecule has 0 bridgehead atoms. The van der Waals surface area contributed by atoms with Gasteiger partial charge in [-0.2, -0.15) is 0 Å². The smallest absolute Gasteiger partial charge is 0.0917 e. The van der Waals surface area contributed by atoms with E-state index >= 15 is 0 Å². The second-order valence-electron chi connectivity index (χ2n) is 4.88. The minimum atomic E-state index is -0.503. The van der Waals surface area contributed by atoms with Gasteiger partial charge in [-0.05, 0) is 31.5 Å². The van der Waals surface area contributed by atoms with Crippen molar-refractivity contribution in [3.8, 4) is 0 Å². The summed E-state index contributed by atoms with van der Waals surface area (Å²) in [6.45, 7) is 6.42. The van der Waals surface area contributed by atoms with Gasteiger partial charge in [-0.25, -0.2) is 0 Å². The molecule has 3 unspecified atom stereocenters. The number of nitrogens with zero attached hydrogens (tertiary/aromatic N) is 1. The molecule has 2 rings (SSSR count). The minimum Gasteiger partial charge on any atom is -0.387 e. The molecule has 0 spiro atoms. The molecule has 1 N–H and O–H groups in total.